The normalized spacial score (nSPS) is 17.0. The number of rotatable bonds is 18. The number of amidine groups is 1. The standard InChI is InChI=1S/C45H51N9O8.CH5N/c1-29(11-16-39(57)49-28-56)54-42(58)34-15-13-33(24-36(34)43(54)59)53-21-19-52(20-22-53)18-17-40(51-47-5)61-27-31(41(46-4)50-38(26-55)30-9-7-6-8-10-30)25-48-32-12-14-35-37(23-32)45(2,3)62-44(35)60;1-2/h6-10,12-15,23-25,28-29,38,48,55H,4-5,11,16-22,26-27H2,1-3H3,(H,49,56,57);2H2,1H3/b31-25-,50-41?,51-40-;/t29?,38-;/m1./s1. The van der Waals surface area contributed by atoms with E-state index in [9.17, 15) is 29.1 Å². The maximum absolute atomic E-state index is 13.4. The van der Waals surface area contributed by atoms with E-state index in [0.29, 0.717) is 79.4 Å². The highest BCUT2D eigenvalue weighted by Gasteiger charge is 2.39. The highest BCUT2D eigenvalue weighted by atomic mass is 16.6. The maximum Gasteiger partial charge on any atom is 0.339 e. The van der Waals surface area contributed by atoms with Gasteiger partial charge in [0.05, 0.1) is 23.3 Å². The number of cyclic esters (lactones) is 1. The number of esters is 1. The molecule has 64 heavy (non-hydrogen) atoms. The van der Waals surface area contributed by atoms with Gasteiger partial charge in [0.15, 0.2) is 5.84 Å². The van der Waals surface area contributed by atoms with Crippen molar-refractivity contribution in [3.05, 3.63) is 106 Å². The van der Waals surface area contributed by atoms with Crippen LogP contribution in [-0.2, 0) is 24.7 Å². The molecule has 1 unspecified atom stereocenters. The molecule has 4 amide bonds. The van der Waals surface area contributed by atoms with Gasteiger partial charge < -0.3 is 30.5 Å². The number of piperazine rings is 1. The average molecular weight is 877 g/mol. The molecular formula is C46H56N10O8. The predicted molar refractivity (Wildman–Crippen MR) is 246 cm³/mol. The first-order valence-corrected chi connectivity index (χ1v) is 20.9. The van der Waals surface area contributed by atoms with Crippen LogP contribution in [0.15, 0.2) is 98.7 Å². The SMILES string of the molecule is C=N/N=C(/CCN1CCN(c2ccc3c(c2)C(=O)N(C(C)CCC(=O)NC=O)C3=O)CC1)OC/C(=C/Nc1ccc2c(c1)C(C)(C)OC2=O)C(N=C)=N[C@H](CO)c1ccccc1.CN. The fourth-order valence-electron chi connectivity index (χ4n) is 7.59. The number of aliphatic hydroxyl groups is 1. The average Bonchev–Trinajstić information content (AvgIpc) is 3.70. The zero-order chi connectivity index (χ0) is 46.4. The number of nitrogens with zero attached hydrogens (tertiary/aromatic N) is 7. The second kappa shape index (κ2) is 22.5. The Bertz CT molecular complexity index is 2300. The van der Waals surface area contributed by atoms with Gasteiger partial charge in [0.25, 0.3) is 11.8 Å². The first-order valence-electron chi connectivity index (χ1n) is 20.9. The molecule has 3 aliphatic heterocycles. The lowest BCUT2D eigenvalue weighted by Gasteiger charge is -2.36. The van der Waals surface area contributed by atoms with Crippen LogP contribution in [0.2, 0.25) is 0 Å². The molecule has 5 N–H and O–H groups in total. The largest absolute Gasteiger partial charge is 0.475 e. The van der Waals surface area contributed by atoms with E-state index in [1.54, 1.807) is 37.4 Å². The number of amides is 4. The van der Waals surface area contributed by atoms with Crippen molar-refractivity contribution in [3.8, 4) is 0 Å². The van der Waals surface area contributed by atoms with E-state index >= 15 is 0 Å². The fraction of sp³-hybridized carbons (Fsp3) is 0.370. The number of hydrogen-bond acceptors (Lipinski definition) is 15. The molecule has 3 heterocycles. The van der Waals surface area contributed by atoms with E-state index in [4.69, 9.17) is 14.5 Å². The highest BCUT2D eigenvalue weighted by Crippen LogP contribution is 2.37. The van der Waals surface area contributed by atoms with Crippen molar-refractivity contribution in [1.29, 1.82) is 0 Å². The van der Waals surface area contributed by atoms with E-state index in [0.717, 1.165) is 16.8 Å². The van der Waals surface area contributed by atoms with Gasteiger partial charge in [0.2, 0.25) is 18.2 Å². The molecule has 0 spiro atoms. The Morgan fingerprint density at radius 3 is 2.34 bits per heavy atom. The van der Waals surface area contributed by atoms with Crippen LogP contribution in [0.1, 0.15) is 88.3 Å². The first kappa shape index (κ1) is 48.1. The summed E-state index contributed by atoms with van der Waals surface area (Å²) in [6.45, 7) is 15.7. The van der Waals surface area contributed by atoms with Gasteiger partial charge in [-0.05, 0) is 82.9 Å². The topological polar surface area (TPSA) is 233 Å². The van der Waals surface area contributed by atoms with Gasteiger partial charge in [-0.2, -0.15) is 5.10 Å². The van der Waals surface area contributed by atoms with Crippen LogP contribution in [0, 0.1) is 0 Å². The van der Waals surface area contributed by atoms with Crippen LogP contribution in [0.3, 0.4) is 0 Å². The number of carbonyl (C=O) groups is 5. The Morgan fingerprint density at radius 2 is 1.67 bits per heavy atom. The van der Waals surface area contributed by atoms with Crippen molar-refractivity contribution >= 4 is 66.6 Å². The molecule has 0 bridgehead atoms. The number of nitrogens with one attached hydrogen (secondary N) is 2. The molecule has 3 aliphatic rings. The molecule has 3 aromatic carbocycles. The van der Waals surface area contributed by atoms with Gasteiger partial charge in [0, 0.05) is 87.0 Å². The second-order valence-corrected chi connectivity index (χ2v) is 15.5. The van der Waals surface area contributed by atoms with Crippen molar-refractivity contribution in [2.45, 2.75) is 57.7 Å². The minimum Gasteiger partial charge on any atom is -0.475 e. The Balaban J connectivity index is 0.00000380. The van der Waals surface area contributed by atoms with E-state index in [2.05, 4.69) is 54.8 Å². The third kappa shape index (κ3) is 11.6. The molecule has 1 saturated heterocycles. The number of nitrogens with two attached hydrogens (primary N) is 1. The quantitative estimate of drug-likeness (QED) is 0.0354. The fourth-order valence-corrected chi connectivity index (χ4v) is 7.59. The number of fused-ring (bicyclic) bond motifs is 2. The summed E-state index contributed by atoms with van der Waals surface area (Å²) in [5.41, 5.74) is 8.42. The molecule has 3 aromatic rings. The molecule has 0 radical (unpaired) electrons. The van der Waals surface area contributed by atoms with Gasteiger partial charge in [0.1, 0.15) is 18.2 Å². The number of benzene rings is 3. The Morgan fingerprint density at radius 1 is 0.969 bits per heavy atom. The number of carbonyl (C=O) groups excluding carboxylic acids is 5. The number of hydrogen-bond donors (Lipinski definition) is 4. The van der Waals surface area contributed by atoms with Crippen LogP contribution in [0.25, 0.3) is 0 Å². The van der Waals surface area contributed by atoms with Crippen molar-refractivity contribution in [3.63, 3.8) is 0 Å². The Labute approximate surface area is 372 Å². The summed E-state index contributed by atoms with van der Waals surface area (Å²) in [6.07, 6.45) is 2.64. The minimum atomic E-state index is -0.788. The summed E-state index contributed by atoms with van der Waals surface area (Å²) >= 11 is 0. The smallest absolute Gasteiger partial charge is 0.339 e. The van der Waals surface area contributed by atoms with Crippen molar-refractivity contribution < 1.29 is 38.6 Å². The van der Waals surface area contributed by atoms with Crippen LogP contribution >= 0.6 is 0 Å². The van der Waals surface area contributed by atoms with Crippen molar-refractivity contribution in [1.82, 2.24) is 15.1 Å². The van der Waals surface area contributed by atoms with Crippen molar-refractivity contribution in [2.75, 3.05) is 63.2 Å². The lowest BCUT2D eigenvalue weighted by Crippen LogP contribution is -2.47. The third-order valence-electron chi connectivity index (χ3n) is 11.0. The molecular weight excluding hydrogens is 821 g/mol. The minimum absolute atomic E-state index is 0.00260. The van der Waals surface area contributed by atoms with E-state index in [-0.39, 0.29) is 37.9 Å². The molecule has 18 nitrogen and oxygen atoms in total. The van der Waals surface area contributed by atoms with E-state index in [1.807, 2.05) is 56.3 Å². The summed E-state index contributed by atoms with van der Waals surface area (Å²) in [4.78, 5) is 75.9. The Kier molecular flexibility index (Phi) is 16.9. The van der Waals surface area contributed by atoms with Crippen LogP contribution < -0.4 is 21.3 Å². The lowest BCUT2D eigenvalue weighted by atomic mass is 9.95. The molecule has 0 aromatic heterocycles. The van der Waals surface area contributed by atoms with E-state index < -0.39 is 35.4 Å². The summed E-state index contributed by atoms with van der Waals surface area (Å²) in [6, 6.07) is 18.8. The van der Waals surface area contributed by atoms with Gasteiger partial charge in [-0.1, -0.05) is 30.3 Å². The first-order chi connectivity index (χ1) is 30.9. The summed E-state index contributed by atoms with van der Waals surface area (Å²) in [5.74, 6) is -1.09. The molecule has 1 fully saturated rings. The summed E-state index contributed by atoms with van der Waals surface area (Å²) in [7, 11) is 1.50. The van der Waals surface area contributed by atoms with Gasteiger partial charge in [-0.25, -0.2) is 9.79 Å². The van der Waals surface area contributed by atoms with E-state index in [1.165, 1.54) is 11.9 Å². The molecule has 338 valence electrons. The number of imide groups is 2. The Hall–Kier alpha value is -6.89. The highest BCUT2D eigenvalue weighted by molar-refractivity contribution is 6.22. The number of aliphatic hydroxyl groups excluding tert-OH is 1. The number of ether oxygens (including phenoxy) is 2. The van der Waals surface area contributed by atoms with Crippen LogP contribution in [-0.4, -0.2) is 129 Å². The molecule has 0 aliphatic carbocycles. The van der Waals surface area contributed by atoms with Crippen molar-refractivity contribution in [2.24, 2.45) is 25.9 Å². The van der Waals surface area contributed by atoms with Gasteiger partial charge >= 0.3 is 5.97 Å². The third-order valence-corrected chi connectivity index (χ3v) is 11.0. The van der Waals surface area contributed by atoms with Gasteiger partial charge in [-0.3, -0.25) is 39.3 Å². The predicted octanol–water partition coefficient (Wildman–Crippen LogP) is 4.08. The number of anilines is 2. The zero-order valence-corrected chi connectivity index (χ0v) is 36.7. The van der Waals surface area contributed by atoms with Gasteiger partial charge in [-0.15, -0.1) is 5.10 Å². The summed E-state index contributed by atoms with van der Waals surface area (Å²) in [5, 5.41) is 23.6. The second-order valence-electron chi connectivity index (χ2n) is 15.5. The van der Waals surface area contributed by atoms with Crippen LogP contribution in [0.5, 0.6) is 0 Å². The molecule has 6 rings (SSSR count). The lowest BCUT2D eigenvalue weighted by molar-refractivity contribution is -0.125. The molecule has 2 atom stereocenters. The monoisotopic (exact) mass is 876 g/mol. The molecule has 0 saturated carbocycles. The zero-order valence-electron chi connectivity index (χ0n) is 36.7. The number of aliphatic imine (C=N–C) groups is 2. The molecule has 18 heteroatoms. The summed E-state index contributed by atoms with van der Waals surface area (Å²) < 4.78 is 11.8. The maximum atomic E-state index is 13.4. The van der Waals surface area contributed by atoms with Crippen LogP contribution in [0.4, 0.5) is 11.4 Å².